The third-order valence-corrected chi connectivity index (χ3v) is 2.67. The number of amides is 1. The summed E-state index contributed by atoms with van der Waals surface area (Å²) in [6.45, 7) is 4.31. The lowest BCUT2D eigenvalue weighted by atomic mass is 10.0. The zero-order chi connectivity index (χ0) is 12.6. The van der Waals surface area contributed by atoms with E-state index in [2.05, 4.69) is 12.1 Å². The van der Waals surface area contributed by atoms with Crippen LogP contribution in [0.4, 0.5) is 4.79 Å². The molecular formula is C9H20N2O4S. The summed E-state index contributed by atoms with van der Waals surface area (Å²) in [5.41, 5.74) is 0. The van der Waals surface area contributed by atoms with Crippen LogP contribution >= 0.6 is 0 Å². The van der Waals surface area contributed by atoms with Gasteiger partial charge in [-0.1, -0.05) is 33.1 Å². The Bertz CT molecular complexity index is 303. The van der Waals surface area contributed by atoms with Crippen molar-refractivity contribution in [2.75, 3.05) is 6.61 Å². The van der Waals surface area contributed by atoms with E-state index in [1.807, 2.05) is 6.92 Å². The van der Waals surface area contributed by atoms with Gasteiger partial charge in [0.1, 0.15) is 0 Å². The lowest BCUT2D eigenvalue weighted by Crippen LogP contribution is -2.37. The molecule has 0 bridgehead atoms. The van der Waals surface area contributed by atoms with Gasteiger partial charge in [-0.15, -0.1) is 0 Å². The highest BCUT2D eigenvalue weighted by Crippen LogP contribution is 2.12. The van der Waals surface area contributed by atoms with Gasteiger partial charge in [0, 0.05) is 0 Å². The van der Waals surface area contributed by atoms with Crippen LogP contribution in [0.15, 0.2) is 0 Å². The zero-order valence-electron chi connectivity index (χ0n) is 9.73. The minimum absolute atomic E-state index is 0.220. The van der Waals surface area contributed by atoms with E-state index in [-0.39, 0.29) is 12.5 Å². The van der Waals surface area contributed by atoms with Gasteiger partial charge < -0.3 is 4.74 Å². The van der Waals surface area contributed by atoms with Crippen molar-refractivity contribution in [3.63, 3.8) is 0 Å². The molecule has 0 aliphatic rings. The monoisotopic (exact) mass is 252 g/mol. The number of nitrogens with two attached hydrogens (primary N) is 1. The second kappa shape index (κ2) is 7.45. The van der Waals surface area contributed by atoms with Crippen molar-refractivity contribution in [1.82, 2.24) is 4.72 Å². The van der Waals surface area contributed by atoms with Crippen LogP contribution in [0.5, 0.6) is 0 Å². The van der Waals surface area contributed by atoms with Crippen molar-refractivity contribution < 1.29 is 17.9 Å². The van der Waals surface area contributed by atoms with Crippen LogP contribution in [0.25, 0.3) is 0 Å². The Hall–Kier alpha value is -0.820. The highest BCUT2D eigenvalue weighted by molar-refractivity contribution is 7.87. The van der Waals surface area contributed by atoms with E-state index in [0.29, 0.717) is 0 Å². The van der Waals surface area contributed by atoms with Gasteiger partial charge in [0.15, 0.2) is 0 Å². The molecule has 7 heteroatoms. The van der Waals surface area contributed by atoms with Crippen LogP contribution in [0, 0.1) is 5.92 Å². The van der Waals surface area contributed by atoms with Crippen molar-refractivity contribution in [3.05, 3.63) is 0 Å². The normalized spacial score (nSPS) is 13.2. The third-order valence-electron chi connectivity index (χ3n) is 2.22. The number of carbonyl (C=O) groups excluding carboxylic acids is 1. The molecule has 1 unspecified atom stereocenters. The minimum atomic E-state index is -4.02. The molecule has 0 saturated carbocycles. The van der Waals surface area contributed by atoms with Gasteiger partial charge in [0.2, 0.25) is 0 Å². The molecule has 16 heavy (non-hydrogen) atoms. The maximum absolute atomic E-state index is 11.0. The first-order valence-corrected chi connectivity index (χ1v) is 6.91. The smallest absolute Gasteiger partial charge is 0.421 e. The predicted octanol–water partition coefficient (Wildman–Crippen LogP) is 1.13. The average molecular weight is 252 g/mol. The number of hydrogen-bond acceptors (Lipinski definition) is 4. The van der Waals surface area contributed by atoms with Gasteiger partial charge >= 0.3 is 16.3 Å². The van der Waals surface area contributed by atoms with Gasteiger partial charge in [-0.05, 0) is 12.3 Å². The third kappa shape index (κ3) is 8.49. The van der Waals surface area contributed by atoms with E-state index in [0.717, 1.165) is 25.7 Å². The number of hydrogen-bond donors (Lipinski definition) is 2. The minimum Gasteiger partial charge on any atom is -0.449 e. The zero-order valence-corrected chi connectivity index (χ0v) is 10.5. The Morgan fingerprint density at radius 3 is 2.50 bits per heavy atom. The summed E-state index contributed by atoms with van der Waals surface area (Å²) >= 11 is 0. The predicted molar refractivity (Wildman–Crippen MR) is 60.9 cm³/mol. The fraction of sp³-hybridized carbons (Fsp3) is 0.889. The topological polar surface area (TPSA) is 98.5 Å². The van der Waals surface area contributed by atoms with Crippen molar-refractivity contribution in [1.29, 1.82) is 0 Å². The molecule has 1 atom stereocenters. The largest absolute Gasteiger partial charge is 0.449 e. The molecule has 0 aromatic rings. The molecule has 0 aromatic carbocycles. The molecule has 0 rings (SSSR count). The molecule has 0 aliphatic heterocycles. The fourth-order valence-electron chi connectivity index (χ4n) is 1.24. The van der Waals surface area contributed by atoms with E-state index in [9.17, 15) is 13.2 Å². The molecule has 0 aliphatic carbocycles. The van der Waals surface area contributed by atoms with Crippen LogP contribution < -0.4 is 9.86 Å². The summed E-state index contributed by atoms with van der Waals surface area (Å²) in [5, 5.41) is 4.62. The van der Waals surface area contributed by atoms with Crippen molar-refractivity contribution in [2.24, 2.45) is 11.1 Å². The van der Waals surface area contributed by atoms with Crippen molar-refractivity contribution >= 4 is 16.3 Å². The van der Waals surface area contributed by atoms with Crippen LogP contribution in [0.1, 0.15) is 39.5 Å². The average Bonchev–Trinajstić information content (AvgIpc) is 2.15. The second-order valence-corrected chi connectivity index (χ2v) is 4.96. The lowest BCUT2D eigenvalue weighted by molar-refractivity contribution is 0.128. The van der Waals surface area contributed by atoms with Crippen LogP contribution in [-0.4, -0.2) is 21.1 Å². The molecule has 0 radical (unpaired) electrons. The van der Waals surface area contributed by atoms with Gasteiger partial charge in [0.25, 0.3) is 0 Å². The van der Waals surface area contributed by atoms with E-state index in [4.69, 9.17) is 4.74 Å². The first-order chi connectivity index (χ1) is 7.39. The van der Waals surface area contributed by atoms with E-state index in [1.165, 1.54) is 0 Å². The summed E-state index contributed by atoms with van der Waals surface area (Å²) in [6, 6.07) is 0. The summed E-state index contributed by atoms with van der Waals surface area (Å²) < 4.78 is 27.3. The molecule has 0 fully saturated rings. The Balaban J connectivity index is 3.88. The summed E-state index contributed by atoms with van der Waals surface area (Å²) in [6.07, 6.45) is 2.99. The summed E-state index contributed by atoms with van der Waals surface area (Å²) in [5.74, 6) is 0.270. The van der Waals surface area contributed by atoms with Crippen molar-refractivity contribution in [3.8, 4) is 0 Å². The number of ether oxygens (including phenoxy) is 1. The molecule has 0 heterocycles. The Morgan fingerprint density at radius 2 is 2.06 bits per heavy atom. The Morgan fingerprint density at radius 1 is 1.44 bits per heavy atom. The van der Waals surface area contributed by atoms with Crippen LogP contribution in [0.3, 0.4) is 0 Å². The molecular weight excluding hydrogens is 232 g/mol. The van der Waals surface area contributed by atoms with E-state index < -0.39 is 16.3 Å². The molecule has 1 amide bonds. The van der Waals surface area contributed by atoms with Gasteiger partial charge in [-0.25, -0.2) is 14.7 Å². The molecule has 6 nitrogen and oxygen atoms in total. The molecule has 3 N–H and O–H groups in total. The van der Waals surface area contributed by atoms with Gasteiger partial charge in [0.05, 0.1) is 6.61 Å². The SMILES string of the molecule is CCCCC(CC)COC(=O)NS(N)(=O)=O. The quantitative estimate of drug-likeness (QED) is 0.709. The highest BCUT2D eigenvalue weighted by atomic mass is 32.2. The van der Waals surface area contributed by atoms with E-state index >= 15 is 0 Å². The maximum Gasteiger partial charge on any atom is 0.421 e. The molecule has 0 aromatic heterocycles. The maximum atomic E-state index is 11.0. The number of carbonyl (C=O) groups is 1. The van der Waals surface area contributed by atoms with Crippen molar-refractivity contribution in [2.45, 2.75) is 39.5 Å². The lowest BCUT2D eigenvalue weighted by Gasteiger charge is -2.14. The first-order valence-electron chi connectivity index (χ1n) is 5.36. The number of rotatable bonds is 7. The van der Waals surface area contributed by atoms with Crippen LogP contribution in [0.2, 0.25) is 0 Å². The second-order valence-electron chi connectivity index (χ2n) is 3.66. The van der Waals surface area contributed by atoms with Gasteiger partial charge in [-0.2, -0.15) is 8.42 Å². The Labute approximate surface area is 96.7 Å². The summed E-state index contributed by atoms with van der Waals surface area (Å²) in [7, 11) is -4.02. The summed E-state index contributed by atoms with van der Waals surface area (Å²) in [4.78, 5) is 11.0. The number of nitrogens with one attached hydrogen (secondary N) is 1. The Kier molecular flexibility index (Phi) is 7.07. The molecule has 96 valence electrons. The molecule has 0 spiro atoms. The van der Waals surface area contributed by atoms with Crippen LogP contribution in [-0.2, 0) is 14.9 Å². The standard InChI is InChI=1S/C9H20N2O4S/c1-3-5-6-8(4-2)7-15-9(12)11-16(10,13)14/h8H,3-7H2,1-2H3,(H,11,12)(H2,10,13,14). The fourth-order valence-corrected chi connectivity index (χ4v) is 1.53. The van der Waals surface area contributed by atoms with Gasteiger partial charge in [-0.3, -0.25) is 0 Å². The highest BCUT2D eigenvalue weighted by Gasteiger charge is 2.13. The molecule has 0 saturated heterocycles. The van der Waals surface area contributed by atoms with E-state index in [1.54, 1.807) is 4.72 Å². The number of unbranched alkanes of at least 4 members (excludes halogenated alkanes) is 1. The first kappa shape index (κ1) is 15.2.